The van der Waals surface area contributed by atoms with E-state index in [1.807, 2.05) is 36.4 Å². The molecule has 0 aliphatic rings. The number of carbonyl (C=O) groups is 1. The van der Waals surface area contributed by atoms with Gasteiger partial charge in [-0.2, -0.15) is 0 Å². The van der Waals surface area contributed by atoms with Crippen LogP contribution in [0.3, 0.4) is 0 Å². The standard InChI is InChI=1S/C12H11NO2S.Na/c14-12(15)7-8-16-11-6-5-9-3-1-2-4-10(9)13-11;/h1-6H,7-8H2,(H,14,15);/q;+1/p-1. The minimum absolute atomic E-state index is 0. The summed E-state index contributed by atoms with van der Waals surface area (Å²) in [6.07, 6.45) is 0.0547. The molecule has 82 valence electrons. The Morgan fingerprint density at radius 1 is 1.24 bits per heavy atom. The molecule has 0 spiro atoms. The Kier molecular flexibility index (Phi) is 5.98. The molecule has 0 saturated carbocycles. The van der Waals surface area contributed by atoms with E-state index in [1.54, 1.807) is 0 Å². The maximum Gasteiger partial charge on any atom is 1.00 e. The molecule has 0 bridgehead atoms. The van der Waals surface area contributed by atoms with Crippen molar-refractivity contribution in [2.24, 2.45) is 0 Å². The zero-order chi connectivity index (χ0) is 11.4. The van der Waals surface area contributed by atoms with E-state index in [1.165, 1.54) is 11.8 Å². The summed E-state index contributed by atoms with van der Waals surface area (Å²) in [5.41, 5.74) is 0.931. The van der Waals surface area contributed by atoms with Gasteiger partial charge in [-0.05, 0) is 18.6 Å². The number of pyridine rings is 1. The van der Waals surface area contributed by atoms with Gasteiger partial charge in [0.2, 0.25) is 0 Å². The number of para-hydroxylation sites is 1. The molecule has 1 aromatic carbocycles. The van der Waals surface area contributed by atoms with Crippen molar-refractivity contribution in [3.05, 3.63) is 36.4 Å². The third-order valence-electron chi connectivity index (χ3n) is 2.13. The summed E-state index contributed by atoms with van der Waals surface area (Å²) in [6.45, 7) is 0. The molecule has 0 fully saturated rings. The molecule has 1 aromatic heterocycles. The number of carboxylic acid groups (broad SMARTS) is 1. The van der Waals surface area contributed by atoms with Crippen molar-refractivity contribution in [3.63, 3.8) is 0 Å². The molecule has 0 aliphatic carbocycles. The number of rotatable bonds is 4. The fourth-order valence-corrected chi connectivity index (χ4v) is 2.17. The second-order valence-corrected chi connectivity index (χ2v) is 4.43. The van der Waals surface area contributed by atoms with Crippen LogP contribution in [0.5, 0.6) is 0 Å². The molecule has 0 unspecified atom stereocenters. The number of carboxylic acids is 1. The summed E-state index contributed by atoms with van der Waals surface area (Å²) in [5, 5.41) is 12.2. The number of hydrogen-bond donors (Lipinski definition) is 0. The van der Waals surface area contributed by atoms with Crippen LogP contribution in [-0.2, 0) is 4.79 Å². The van der Waals surface area contributed by atoms with Gasteiger partial charge in [-0.3, -0.25) is 0 Å². The number of hydrogen-bond acceptors (Lipinski definition) is 4. The monoisotopic (exact) mass is 255 g/mol. The number of benzene rings is 1. The Morgan fingerprint density at radius 3 is 2.76 bits per heavy atom. The van der Waals surface area contributed by atoms with E-state index in [9.17, 15) is 9.90 Å². The van der Waals surface area contributed by atoms with Gasteiger partial charge in [0, 0.05) is 17.1 Å². The quantitative estimate of drug-likeness (QED) is 0.491. The van der Waals surface area contributed by atoms with Crippen molar-refractivity contribution < 1.29 is 39.5 Å². The average molecular weight is 255 g/mol. The van der Waals surface area contributed by atoms with Gasteiger partial charge >= 0.3 is 29.6 Å². The first-order valence-corrected chi connectivity index (χ1v) is 5.93. The molecule has 5 heteroatoms. The summed E-state index contributed by atoms with van der Waals surface area (Å²) in [4.78, 5) is 14.7. The van der Waals surface area contributed by atoms with Crippen LogP contribution in [0.2, 0.25) is 0 Å². The predicted octanol–water partition coefficient (Wildman–Crippen LogP) is -1.53. The maximum atomic E-state index is 10.3. The predicted molar refractivity (Wildman–Crippen MR) is 62.1 cm³/mol. The zero-order valence-corrected chi connectivity index (χ0v) is 12.4. The minimum atomic E-state index is -1.02. The summed E-state index contributed by atoms with van der Waals surface area (Å²) in [6, 6.07) is 11.7. The number of nitrogens with zero attached hydrogens (tertiary/aromatic N) is 1. The third-order valence-corrected chi connectivity index (χ3v) is 3.06. The van der Waals surface area contributed by atoms with E-state index in [-0.39, 0.29) is 36.0 Å². The number of fused-ring (bicyclic) bond motifs is 1. The van der Waals surface area contributed by atoms with Crippen LogP contribution in [0, 0.1) is 0 Å². The molecular weight excluding hydrogens is 245 g/mol. The Labute approximate surface area is 126 Å². The van der Waals surface area contributed by atoms with E-state index in [4.69, 9.17) is 0 Å². The number of aromatic nitrogens is 1. The Hall–Kier alpha value is -0.550. The van der Waals surface area contributed by atoms with Gasteiger partial charge in [-0.25, -0.2) is 4.98 Å². The van der Waals surface area contributed by atoms with E-state index in [2.05, 4.69) is 4.98 Å². The van der Waals surface area contributed by atoms with Crippen LogP contribution in [0.4, 0.5) is 0 Å². The fourth-order valence-electron chi connectivity index (χ4n) is 1.37. The Morgan fingerprint density at radius 2 is 2.00 bits per heavy atom. The molecule has 0 saturated heterocycles. The van der Waals surface area contributed by atoms with Gasteiger partial charge in [0.25, 0.3) is 0 Å². The largest absolute Gasteiger partial charge is 1.00 e. The molecule has 0 radical (unpaired) electrons. The zero-order valence-electron chi connectivity index (χ0n) is 9.55. The first kappa shape index (κ1) is 14.5. The smallest absolute Gasteiger partial charge is 0.550 e. The fraction of sp³-hybridized carbons (Fsp3) is 0.167. The molecule has 2 aromatic rings. The van der Waals surface area contributed by atoms with Gasteiger partial charge in [-0.1, -0.05) is 24.3 Å². The van der Waals surface area contributed by atoms with Gasteiger partial charge in [0.05, 0.1) is 10.5 Å². The van der Waals surface area contributed by atoms with Crippen molar-refractivity contribution in [3.8, 4) is 0 Å². The summed E-state index contributed by atoms with van der Waals surface area (Å²) in [7, 11) is 0. The van der Waals surface area contributed by atoms with Gasteiger partial charge in [-0.15, -0.1) is 11.8 Å². The van der Waals surface area contributed by atoms with Gasteiger partial charge < -0.3 is 9.90 Å². The first-order chi connectivity index (χ1) is 7.75. The van der Waals surface area contributed by atoms with E-state index in [0.29, 0.717) is 5.75 Å². The van der Waals surface area contributed by atoms with Gasteiger partial charge in [0.1, 0.15) is 0 Å². The first-order valence-electron chi connectivity index (χ1n) is 4.94. The van der Waals surface area contributed by atoms with Crippen LogP contribution in [0.25, 0.3) is 10.9 Å². The molecule has 0 amide bonds. The van der Waals surface area contributed by atoms with Crippen LogP contribution in [-0.4, -0.2) is 16.7 Å². The summed E-state index contributed by atoms with van der Waals surface area (Å²) in [5.74, 6) is -0.526. The van der Waals surface area contributed by atoms with Crippen molar-refractivity contribution in [2.45, 2.75) is 11.4 Å². The van der Waals surface area contributed by atoms with Crippen molar-refractivity contribution >= 4 is 28.6 Å². The number of thioether (sulfide) groups is 1. The molecule has 1 heterocycles. The Balaban J connectivity index is 0.00000144. The number of aliphatic carboxylic acids is 1. The second-order valence-electron chi connectivity index (χ2n) is 3.31. The molecule has 3 nitrogen and oxygen atoms in total. The Bertz CT molecular complexity index is 519. The van der Waals surface area contributed by atoms with E-state index in [0.717, 1.165) is 15.9 Å². The van der Waals surface area contributed by atoms with Crippen LogP contribution in [0.1, 0.15) is 6.42 Å². The normalized spacial score (nSPS) is 9.88. The van der Waals surface area contributed by atoms with Crippen LogP contribution in [0.15, 0.2) is 41.4 Å². The van der Waals surface area contributed by atoms with E-state index < -0.39 is 5.97 Å². The average Bonchev–Trinajstić information content (AvgIpc) is 2.28. The van der Waals surface area contributed by atoms with Crippen molar-refractivity contribution in [2.75, 3.05) is 5.75 Å². The summed E-state index contributed by atoms with van der Waals surface area (Å²) >= 11 is 1.43. The maximum absolute atomic E-state index is 10.3. The summed E-state index contributed by atoms with van der Waals surface area (Å²) < 4.78 is 0. The molecular formula is C12H10NNaO2S. The number of carbonyl (C=O) groups excluding carboxylic acids is 1. The minimum Gasteiger partial charge on any atom is -0.550 e. The van der Waals surface area contributed by atoms with Crippen LogP contribution >= 0.6 is 11.8 Å². The van der Waals surface area contributed by atoms with Crippen molar-refractivity contribution in [1.29, 1.82) is 0 Å². The third kappa shape index (κ3) is 4.32. The topological polar surface area (TPSA) is 53.0 Å². The molecule has 0 aliphatic heterocycles. The van der Waals surface area contributed by atoms with Crippen molar-refractivity contribution in [1.82, 2.24) is 4.98 Å². The van der Waals surface area contributed by atoms with E-state index >= 15 is 0 Å². The molecule has 0 atom stereocenters. The van der Waals surface area contributed by atoms with Crippen LogP contribution < -0.4 is 34.7 Å². The molecule has 2 rings (SSSR count). The molecule has 17 heavy (non-hydrogen) atoms. The second kappa shape index (κ2) is 7.01. The van der Waals surface area contributed by atoms with Gasteiger partial charge in [0.15, 0.2) is 0 Å². The molecule has 0 N–H and O–H groups in total. The SMILES string of the molecule is O=C([O-])CCSc1ccc2ccccc2n1.[Na+].